The van der Waals surface area contributed by atoms with Gasteiger partial charge in [-0.15, -0.1) is 0 Å². The van der Waals surface area contributed by atoms with E-state index < -0.39 is 0 Å². The number of fused-ring (bicyclic) bond motifs is 1. The Morgan fingerprint density at radius 2 is 1.80 bits per heavy atom. The van der Waals surface area contributed by atoms with E-state index in [9.17, 15) is 9.59 Å². The maximum atomic E-state index is 12.5. The summed E-state index contributed by atoms with van der Waals surface area (Å²) in [5.41, 5.74) is 3.04. The lowest BCUT2D eigenvalue weighted by molar-refractivity contribution is -0.120. The summed E-state index contributed by atoms with van der Waals surface area (Å²) in [6.45, 7) is 3.32. The van der Waals surface area contributed by atoms with Crippen molar-refractivity contribution in [2.24, 2.45) is 0 Å². The molecule has 0 aliphatic heterocycles. The molecule has 25 heavy (non-hydrogen) atoms. The van der Waals surface area contributed by atoms with Gasteiger partial charge in [0.05, 0.1) is 11.2 Å². The monoisotopic (exact) mass is 333 g/mol. The Labute approximate surface area is 146 Å². The topological polar surface area (TPSA) is 62.3 Å². The van der Waals surface area contributed by atoms with Gasteiger partial charge in [-0.25, -0.2) is 0 Å². The third-order valence-corrected chi connectivity index (χ3v) is 3.99. The van der Waals surface area contributed by atoms with Gasteiger partial charge in [0.15, 0.2) is 0 Å². The fourth-order valence-electron chi connectivity index (χ4n) is 2.77. The van der Waals surface area contributed by atoms with Crippen molar-refractivity contribution in [3.05, 3.63) is 66.4 Å². The summed E-state index contributed by atoms with van der Waals surface area (Å²) < 4.78 is 0. The number of pyridine rings is 1. The molecule has 3 aromatic rings. The number of hydrogen-bond donors (Lipinski definition) is 1. The first-order valence-corrected chi connectivity index (χ1v) is 8.03. The van der Waals surface area contributed by atoms with Crippen LogP contribution in [0, 0.1) is 6.92 Å². The number of rotatable bonds is 4. The highest BCUT2D eigenvalue weighted by atomic mass is 16.2. The number of nitrogens with one attached hydrogen (secondary N) is 1. The smallest absolute Gasteiger partial charge is 0.244 e. The summed E-state index contributed by atoms with van der Waals surface area (Å²) in [4.78, 5) is 30.4. The van der Waals surface area contributed by atoms with Crippen molar-refractivity contribution in [1.29, 1.82) is 0 Å². The van der Waals surface area contributed by atoms with E-state index in [2.05, 4.69) is 10.3 Å². The molecule has 1 N–H and O–H groups in total. The summed E-state index contributed by atoms with van der Waals surface area (Å²) in [7, 11) is 0. The molecule has 0 fully saturated rings. The average Bonchev–Trinajstić information content (AvgIpc) is 2.60. The first-order valence-electron chi connectivity index (χ1n) is 8.03. The lowest BCUT2D eigenvalue weighted by Gasteiger charge is -2.22. The Kier molecular flexibility index (Phi) is 4.75. The zero-order valence-corrected chi connectivity index (χ0v) is 14.2. The van der Waals surface area contributed by atoms with Crippen molar-refractivity contribution in [3.8, 4) is 0 Å². The summed E-state index contributed by atoms with van der Waals surface area (Å²) in [6, 6.07) is 16.9. The van der Waals surface area contributed by atoms with Crippen LogP contribution in [0.25, 0.3) is 10.9 Å². The third kappa shape index (κ3) is 3.66. The van der Waals surface area contributed by atoms with E-state index in [0.29, 0.717) is 5.69 Å². The van der Waals surface area contributed by atoms with Gasteiger partial charge in [0.2, 0.25) is 11.8 Å². The van der Waals surface area contributed by atoms with Crippen LogP contribution in [-0.4, -0.2) is 23.3 Å². The molecule has 5 heteroatoms. The van der Waals surface area contributed by atoms with Crippen molar-refractivity contribution < 1.29 is 9.59 Å². The number of aryl methyl sites for hydroxylation is 1. The maximum absolute atomic E-state index is 12.5. The number of aromatic nitrogens is 1. The second-order valence-corrected chi connectivity index (χ2v) is 5.82. The van der Waals surface area contributed by atoms with E-state index in [1.165, 1.54) is 11.8 Å². The Hall–Kier alpha value is -3.21. The molecule has 0 unspecified atom stereocenters. The molecule has 0 saturated heterocycles. The van der Waals surface area contributed by atoms with Crippen LogP contribution < -0.4 is 10.2 Å². The van der Waals surface area contributed by atoms with Gasteiger partial charge in [0.1, 0.15) is 6.54 Å². The molecule has 0 bridgehead atoms. The van der Waals surface area contributed by atoms with E-state index in [-0.39, 0.29) is 18.4 Å². The van der Waals surface area contributed by atoms with E-state index in [1.807, 2.05) is 55.5 Å². The summed E-state index contributed by atoms with van der Waals surface area (Å²) in [6.07, 6.45) is 1.69. The van der Waals surface area contributed by atoms with Gasteiger partial charge < -0.3 is 10.2 Å². The standard InChI is InChI=1S/C20H19N3O2/c1-14-7-3-4-11-18(14)23(15(2)24)13-19(25)22-17-10-5-8-16-9-6-12-21-20(16)17/h3-12H,13H2,1-2H3,(H,22,25). The van der Waals surface area contributed by atoms with Crippen molar-refractivity contribution in [3.63, 3.8) is 0 Å². The third-order valence-electron chi connectivity index (χ3n) is 3.99. The molecule has 0 atom stereocenters. The van der Waals surface area contributed by atoms with Gasteiger partial charge in [0.25, 0.3) is 0 Å². The van der Waals surface area contributed by atoms with E-state index in [4.69, 9.17) is 0 Å². The fourth-order valence-corrected chi connectivity index (χ4v) is 2.77. The molecule has 1 heterocycles. The Morgan fingerprint density at radius 1 is 1.04 bits per heavy atom. The number of hydrogen-bond acceptors (Lipinski definition) is 3. The minimum Gasteiger partial charge on any atom is -0.323 e. The second kappa shape index (κ2) is 7.13. The number of para-hydroxylation sites is 2. The SMILES string of the molecule is CC(=O)N(CC(=O)Nc1cccc2cccnc12)c1ccccc1C. The van der Waals surface area contributed by atoms with Crippen LogP contribution in [0.2, 0.25) is 0 Å². The van der Waals surface area contributed by atoms with Gasteiger partial charge in [-0.1, -0.05) is 36.4 Å². The second-order valence-electron chi connectivity index (χ2n) is 5.82. The molecule has 0 saturated carbocycles. The summed E-state index contributed by atoms with van der Waals surface area (Å²) in [5.74, 6) is -0.447. The quantitative estimate of drug-likeness (QED) is 0.794. The lowest BCUT2D eigenvalue weighted by Crippen LogP contribution is -2.37. The predicted molar refractivity (Wildman–Crippen MR) is 99.6 cm³/mol. The van der Waals surface area contributed by atoms with Crippen LogP contribution >= 0.6 is 0 Å². The molecule has 0 radical (unpaired) electrons. The molecular weight excluding hydrogens is 314 g/mol. The van der Waals surface area contributed by atoms with Crippen LogP contribution in [-0.2, 0) is 9.59 Å². The number of carbonyl (C=O) groups excluding carboxylic acids is 2. The zero-order chi connectivity index (χ0) is 17.8. The largest absolute Gasteiger partial charge is 0.323 e. The Bertz CT molecular complexity index is 932. The molecule has 2 amide bonds. The molecule has 0 spiro atoms. The average molecular weight is 333 g/mol. The zero-order valence-electron chi connectivity index (χ0n) is 14.2. The van der Waals surface area contributed by atoms with Crippen molar-refractivity contribution in [1.82, 2.24) is 4.98 Å². The van der Waals surface area contributed by atoms with Gasteiger partial charge in [-0.2, -0.15) is 0 Å². The van der Waals surface area contributed by atoms with Crippen LogP contribution in [0.3, 0.4) is 0 Å². The number of anilines is 2. The van der Waals surface area contributed by atoms with E-state index >= 15 is 0 Å². The van der Waals surface area contributed by atoms with Crippen molar-refractivity contribution >= 4 is 34.1 Å². The van der Waals surface area contributed by atoms with Crippen molar-refractivity contribution in [2.45, 2.75) is 13.8 Å². The van der Waals surface area contributed by atoms with E-state index in [1.54, 1.807) is 12.3 Å². The highest BCUT2D eigenvalue weighted by molar-refractivity contribution is 6.05. The molecule has 1 aromatic heterocycles. The first-order chi connectivity index (χ1) is 12.1. The van der Waals surface area contributed by atoms with Gasteiger partial charge >= 0.3 is 0 Å². The first kappa shape index (κ1) is 16.6. The molecule has 126 valence electrons. The van der Waals surface area contributed by atoms with E-state index in [0.717, 1.165) is 22.2 Å². The maximum Gasteiger partial charge on any atom is 0.244 e. The molecule has 3 rings (SSSR count). The summed E-state index contributed by atoms with van der Waals surface area (Å²) in [5, 5.41) is 3.81. The highest BCUT2D eigenvalue weighted by Gasteiger charge is 2.18. The van der Waals surface area contributed by atoms with Crippen LogP contribution in [0.5, 0.6) is 0 Å². The molecule has 5 nitrogen and oxygen atoms in total. The van der Waals surface area contributed by atoms with Crippen LogP contribution in [0.15, 0.2) is 60.8 Å². The normalized spacial score (nSPS) is 10.5. The van der Waals surface area contributed by atoms with Gasteiger partial charge in [-0.05, 0) is 30.7 Å². The molecule has 0 aliphatic rings. The number of nitrogens with zero attached hydrogens (tertiary/aromatic N) is 2. The Balaban J connectivity index is 1.83. The Morgan fingerprint density at radius 3 is 2.56 bits per heavy atom. The summed E-state index contributed by atoms with van der Waals surface area (Å²) >= 11 is 0. The number of benzene rings is 2. The highest BCUT2D eigenvalue weighted by Crippen LogP contribution is 2.22. The van der Waals surface area contributed by atoms with Crippen LogP contribution in [0.4, 0.5) is 11.4 Å². The number of carbonyl (C=O) groups is 2. The van der Waals surface area contributed by atoms with Crippen LogP contribution in [0.1, 0.15) is 12.5 Å². The predicted octanol–water partition coefficient (Wildman–Crippen LogP) is 3.53. The minimum atomic E-state index is -0.267. The number of amides is 2. The lowest BCUT2D eigenvalue weighted by atomic mass is 10.1. The van der Waals surface area contributed by atoms with Gasteiger partial charge in [-0.3, -0.25) is 14.6 Å². The molecular formula is C20H19N3O2. The van der Waals surface area contributed by atoms with Crippen molar-refractivity contribution in [2.75, 3.05) is 16.8 Å². The molecule has 2 aromatic carbocycles. The fraction of sp³-hybridized carbons (Fsp3) is 0.150. The molecule has 0 aliphatic carbocycles. The minimum absolute atomic E-state index is 0.0522. The van der Waals surface area contributed by atoms with Gasteiger partial charge in [0, 0.05) is 24.2 Å².